The third-order valence-electron chi connectivity index (χ3n) is 3.28. The van der Waals surface area contributed by atoms with Gasteiger partial charge in [-0.1, -0.05) is 30.3 Å². The summed E-state index contributed by atoms with van der Waals surface area (Å²) < 4.78 is 0. The molecule has 0 aliphatic rings. The van der Waals surface area contributed by atoms with Crippen molar-refractivity contribution in [3.8, 4) is 0 Å². The SMILES string of the molecule is CC(=O)N[C@@H](Cc1ccccc1)C(=O)N[C@@H](CCC(=O)O)C(N)=O. The molecule has 0 bridgehead atoms. The average molecular weight is 335 g/mol. The fourth-order valence-electron chi connectivity index (χ4n) is 2.13. The zero-order valence-electron chi connectivity index (χ0n) is 13.3. The number of carbonyl (C=O) groups excluding carboxylic acids is 3. The van der Waals surface area contributed by atoms with Crippen LogP contribution in [0.15, 0.2) is 30.3 Å². The quantitative estimate of drug-likeness (QED) is 0.485. The maximum Gasteiger partial charge on any atom is 0.303 e. The molecule has 1 rings (SSSR count). The van der Waals surface area contributed by atoms with E-state index in [1.54, 1.807) is 24.3 Å². The Morgan fingerprint density at radius 1 is 1.08 bits per heavy atom. The Balaban J connectivity index is 2.79. The van der Waals surface area contributed by atoms with Gasteiger partial charge in [0, 0.05) is 19.8 Å². The van der Waals surface area contributed by atoms with E-state index in [1.165, 1.54) is 6.92 Å². The number of carboxylic acid groups (broad SMARTS) is 1. The molecule has 0 radical (unpaired) electrons. The summed E-state index contributed by atoms with van der Waals surface area (Å²) in [6.07, 6.45) is -0.192. The van der Waals surface area contributed by atoms with Crippen LogP contribution >= 0.6 is 0 Å². The Bertz CT molecular complexity index is 603. The van der Waals surface area contributed by atoms with E-state index in [9.17, 15) is 19.2 Å². The largest absolute Gasteiger partial charge is 0.481 e. The van der Waals surface area contributed by atoms with Crippen molar-refractivity contribution >= 4 is 23.7 Å². The van der Waals surface area contributed by atoms with E-state index in [1.807, 2.05) is 6.07 Å². The third kappa shape index (κ3) is 6.91. The van der Waals surface area contributed by atoms with E-state index in [0.29, 0.717) is 0 Å². The lowest BCUT2D eigenvalue weighted by molar-refractivity contribution is -0.137. The summed E-state index contributed by atoms with van der Waals surface area (Å²) in [7, 11) is 0. The van der Waals surface area contributed by atoms with Gasteiger partial charge in [-0.25, -0.2) is 0 Å². The van der Waals surface area contributed by atoms with Crippen molar-refractivity contribution in [3.05, 3.63) is 35.9 Å². The van der Waals surface area contributed by atoms with Crippen LogP contribution in [0, 0.1) is 0 Å². The van der Waals surface area contributed by atoms with Gasteiger partial charge in [-0.3, -0.25) is 19.2 Å². The summed E-state index contributed by atoms with van der Waals surface area (Å²) in [6, 6.07) is 7.04. The topological polar surface area (TPSA) is 139 Å². The van der Waals surface area contributed by atoms with E-state index in [4.69, 9.17) is 10.8 Å². The second-order valence-electron chi connectivity index (χ2n) is 5.34. The summed E-state index contributed by atoms with van der Waals surface area (Å²) in [5.41, 5.74) is 6.02. The number of carboxylic acids is 1. The molecule has 24 heavy (non-hydrogen) atoms. The van der Waals surface area contributed by atoms with Gasteiger partial charge in [-0.2, -0.15) is 0 Å². The van der Waals surface area contributed by atoms with E-state index in [2.05, 4.69) is 10.6 Å². The van der Waals surface area contributed by atoms with Crippen LogP contribution in [-0.4, -0.2) is 40.9 Å². The highest BCUT2D eigenvalue weighted by molar-refractivity contribution is 5.91. The van der Waals surface area contributed by atoms with Crippen molar-refractivity contribution in [2.45, 2.75) is 38.3 Å². The Kier molecular flexibility index (Phi) is 7.41. The lowest BCUT2D eigenvalue weighted by atomic mass is 10.0. The molecule has 0 aliphatic heterocycles. The highest BCUT2D eigenvalue weighted by Crippen LogP contribution is 2.05. The summed E-state index contributed by atoms with van der Waals surface area (Å²) in [5, 5.41) is 13.6. The van der Waals surface area contributed by atoms with Gasteiger partial charge in [0.05, 0.1) is 0 Å². The maximum absolute atomic E-state index is 12.4. The van der Waals surface area contributed by atoms with Crippen LogP contribution in [0.2, 0.25) is 0 Å². The van der Waals surface area contributed by atoms with Crippen LogP contribution in [0.25, 0.3) is 0 Å². The van der Waals surface area contributed by atoms with Crippen molar-refractivity contribution in [2.24, 2.45) is 5.73 Å². The molecule has 8 nitrogen and oxygen atoms in total. The predicted octanol–water partition coefficient (Wildman–Crippen LogP) is -0.431. The number of benzene rings is 1. The van der Waals surface area contributed by atoms with E-state index in [-0.39, 0.29) is 19.3 Å². The lowest BCUT2D eigenvalue weighted by Crippen LogP contribution is -2.53. The molecular weight excluding hydrogens is 314 g/mol. The first-order chi connectivity index (χ1) is 11.3. The van der Waals surface area contributed by atoms with Gasteiger partial charge in [0.1, 0.15) is 12.1 Å². The Hall–Kier alpha value is -2.90. The fourth-order valence-corrected chi connectivity index (χ4v) is 2.13. The van der Waals surface area contributed by atoms with Gasteiger partial charge < -0.3 is 21.5 Å². The normalized spacial score (nSPS) is 12.7. The molecule has 8 heteroatoms. The monoisotopic (exact) mass is 335 g/mol. The van der Waals surface area contributed by atoms with E-state index in [0.717, 1.165) is 5.56 Å². The smallest absolute Gasteiger partial charge is 0.303 e. The van der Waals surface area contributed by atoms with Crippen LogP contribution in [0.5, 0.6) is 0 Å². The first kappa shape index (κ1) is 19.1. The van der Waals surface area contributed by atoms with Gasteiger partial charge in [0.25, 0.3) is 0 Å². The van der Waals surface area contributed by atoms with Crippen LogP contribution in [0.4, 0.5) is 0 Å². The van der Waals surface area contributed by atoms with Gasteiger partial charge in [-0.05, 0) is 12.0 Å². The summed E-state index contributed by atoms with van der Waals surface area (Å²) >= 11 is 0. The standard InChI is InChI=1S/C16H21N3O5/c1-10(20)18-13(9-11-5-3-2-4-6-11)16(24)19-12(15(17)23)7-8-14(21)22/h2-6,12-13H,7-9H2,1H3,(H2,17,23)(H,18,20)(H,19,24)(H,21,22)/t12-,13-/m0/s1. The van der Waals surface area contributed by atoms with Crippen molar-refractivity contribution in [3.63, 3.8) is 0 Å². The Morgan fingerprint density at radius 3 is 2.21 bits per heavy atom. The Morgan fingerprint density at radius 2 is 1.71 bits per heavy atom. The molecule has 1 aromatic rings. The summed E-state index contributed by atoms with van der Waals surface area (Å²) in [5.74, 6) is -2.92. The molecule has 0 saturated heterocycles. The molecule has 1 aromatic carbocycles. The Labute approximate surface area is 139 Å². The second-order valence-corrected chi connectivity index (χ2v) is 5.34. The molecule has 0 saturated carbocycles. The molecule has 0 aromatic heterocycles. The minimum Gasteiger partial charge on any atom is -0.481 e. The number of rotatable bonds is 9. The number of hydrogen-bond donors (Lipinski definition) is 4. The third-order valence-corrected chi connectivity index (χ3v) is 3.28. The molecule has 0 spiro atoms. The zero-order chi connectivity index (χ0) is 18.1. The lowest BCUT2D eigenvalue weighted by Gasteiger charge is -2.21. The number of aliphatic carboxylic acids is 1. The summed E-state index contributed by atoms with van der Waals surface area (Å²) in [4.78, 5) is 45.7. The number of carbonyl (C=O) groups is 4. The van der Waals surface area contributed by atoms with Crippen molar-refractivity contribution < 1.29 is 24.3 Å². The van der Waals surface area contributed by atoms with Crippen LogP contribution in [0.1, 0.15) is 25.3 Å². The van der Waals surface area contributed by atoms with Crippen molar-refractivity contribution in [1.82, 2.24) is 10.6 Å². The average Bonchev–Trinajstić information content (AvgIpc) is 2.50. The molecule has 130 valence electrons. The molecule has 0 fully saturated rings. The van der Waals surface area contributed by atoms with E-state index >= 15 is 0 Å². The number of amides is 3. The summed E-state index contributed by atoms with van der Waals surface area (Å²) in [6.45, 7) is 1.28. The molecule has 3 amide bonds. The maximum atomic E-state index is 12.4. The van der Waals surface area contributed by atoms with Gasteiger partial charge >= 0.3 is 5.97 Å². The molecule has 0 aliphatic carbocycles. The van der Waals surface area contributed by atoms with E-state index < -0.39 is 35.8 Å². The number of nitrogens with one attached hydrogen (secondary N) is 2. The van der Waals surface area contributed by atoms with Gasteiger partial charge in [0.15, 0.2) is 0 Å². The van der Waals surface area contributed by atoms with Crippen molar-refractivity contribution in [2.75, 3.05) is 0 Å². The second kappa shape index (κ2) is 9.29. The van der Waals surface area contributed by atoms with Gasteiger partial charge in [-0.15, -0.1) is 0 Å². The minimum absolute atomic E-state index is 0.117. The fraction of sp³-hybridized carbons (Fsp3) is 0.375. The number of nitrogens with two attached hydrogens (primary N) is 1. The minimum atomic E-state index is -1.11. The first-order valence-electron chi connectivity index (χ1n) is 7.42. The first-order valence-corrected chi connectivity index (χ1v) is 7.42. The molecular formula is C16H21N3O5. The van der Waals surface area contributed by atoms with Crippen molar-refractivity contribution in [1.29, 1.82) is 0 Å². The number of hydrogen-bond acceptors (Lipinski definition) is 4. The zero-order valence-corrected chi connectivity index (χ0v) is 13.3. The van der Waals surface area contributed by atoms with Crippen LogP contribution in [-0.2, 0) is 25.6 Å². The molecule has 5 N–H and O–H groups in total. The predicted molar refractivity (Wildman–Crippen MR) is 85.7 cm³/mol. The molecule has 0 unspecified atom stereocenters. The van der Waals surface area contributed by atoms with Crippen LogP contribution < -0.4 is 16.4 Å². The number of primary amides is 1. The highest BCUT2D eigenvalue weighted by Gasteiger charge is 2.25. The molecule has 2 atom stereocenters. The highest BCUT2D eigenvalue weighted by atomic mass is 16.4. The van der Waals surface area contributed by atoms with Crippen LogP contribution in [0.3, 0.4) is 0 Å². The van der Waals surface area contributed by atoms with Gasteiger partial charge in [0.2, 0.25) is 17.7 Å². The molecule has 0 heterocycles.